The summed E-state index contributed by atoms with van der Waals surface area (Å²) in [5.41, 5.74) is 0. The summed E-state index contributed by atoms with van der Waals surface area (Å²) in [6, 6.07) is 0.793. The first-order valence-electron chi connectivity index (χ1n) is 2.88. The topological polar surface area (TPSA) is 3.24 Å². The Morgan fingerprint density at radius 1 is 1.33 bits per heavy atom. The maximum atomic E-state index is 2.31. The van der Waals surface area contributed by atoms with Gasteiger partial charge in [0.1, 0.15) is 0 Å². The van der Waals surface area contributed by atoms with Crippen molar-refractivity contribution in [2.24, 2.45) is 0 Å². The number of hydrogen-bond acceptors (Lipinski definition) is 4. The lowest BCUT2D eigenvalue weighted by atomic mass is 10.4. The van der Waals surface area contributed by atoms with Crippen molar-refractivity contribution in [3.05, 3.63) is 0 Å². The molecule has 1 rings (SSSR count). The lowest BCUT2D eigenvalue weighted by Crippen LogP contribution is -2.33. The highest BCUT2D eigenvalue weighted by molar-refractivity contribution is 9.09. The van der Waals surface area contributed by atoms with Crippen LogP contribution in [0, 0.1) is 0 Å². The van der Waals surface area contributed by atoms with Crippen molar-refractivity contribution < 1.29 is 1.43 Å². The van der Waals surface area contributed by atoms with Gasteiger partial charge in [-0.05, 0) is 23.9 Å². The molecule has 0 bridgehead atoms. The Morgan fingerprint density at radius 2 is 1.89 bits per heavy atom. The van der Waals surface area contributed by atoms with Gasteiger partial charge in [-0.3, -0.25) is 0 Å². The molecule has 54 valence electrons. The quantitative estimate of drug-likeness (QED) is 0.571. The van der Waals surface area contributed by atoms with E-state index in [0.717, 1.165) is 6.04 Å². The van der Waals surface area contributed by atoms with Gasteiger partial charge in [-0.2, -0.15) is 0 Å². The van der Waals surface area contributed by atoms with Crippen LogP contribution >= 0.6 is 31.4 Å². The van der Waals surface area contributed by atoms with Gasteiger partial charge in [0, 0.05) is 17.5 Å². The Hall–Kier alpha value is 1.01. The van der Waals surface area contributed by atoms with E-state index in [-0.39, 0.29) is 1.43 Å². The molecule has 0 aromatic carbocycles. The normalized spacial score (nSPS) is 23.0. The van der Waals surface area contributed by atoms with E-state index in [2.05, 4.69) is 19.0 Å². The zero-order chi connectivity index (χ0) is 6.69. The second kappa shape index (κ2) is 4.01. The van der Waals surface area contributed by atoms with Crippen LogP contribution in [0.1, 0.15) is 1.43 Å². The van der Waals surface area contributed by atoms with Crippen molar-refractivity contribution in [3.8, 4) is 0 Å². The fraction of sp³-hybridized carbons (Fsp3) is 1.00. The predicted octanol–water partition coefficient (Wildman–Crippen LogP) is 2.07. The van der Waals surface area contributed by atoms with E-state index in [0.29, 0.717) is 0 Å². The molecule has 0 aromatic rings. The summed E-state index contributed by atoms with van der Waals surface area (Å²) in [7, 11) is 10.2. The molecule has 0 N–H and O–H groups in total. The van der Waals surface area contributed by atoms with E-state index < -0.39 is 0 Å². The van der Waals surface area contributed by atoms with Crippen molar-refractivity contribution >= 4 is 31.4 Å². The van der Waals surface area contributed by atoms with Crippen molar-refractivity contribution in [1.29, 1.82) is 0 Å². The highest BCUT2D eigenvalue weighted by Crippen LogP contribution is 2.40. The SMILES string of the molecule is CN(C)C1CSSSC1.[H+]. The molecule has 1 nitrogen and oxygen atoms in total. The van der Waals surface area contributed by atoms with Gasteiger partial charge in [-0.1, -0.05) is 21.6 Å². The van der Waals surface area contributed by atoms with Crippen molar-refractivity contribution in [2.75, 3.05) is 25.6 Å². The van der Waals surface area contributed by atoms with Gasteiger partial charge in [-0.15, -0.1) is 0 Å². The second-order valence-electron chi connectivity index (χ2n) is 2.25. The second-order valence-corrected chi connectivity index (χ2v) is 6.58. The molecule has 0 aromatic heterocycles. The Labute approximate surface area is 69.6 Å². The molecule has 1 aliphatic heterocycles. The molecule has 0 amide bonds. The zero-order valence-corrected chi connectivity index (χ0v) is 8.11. The maximum absolute atomic E-state index is 2.31. The van der Waals surface area contributed by atoms with Crippen LogP contribution in [0.5, 0.6) is 0 Å². The van der Waals surface area contributed by atoms with E-state index in [1.54, 1.807) is 0 Å². The van der Waals surface area contributed by atoms with E-state index in [1.165, 1.54) is 11.5 Å². The molecule has 0 atom stereocenters. The Kier molecular flexibility index (Phi) is 3.61. The van der Waals surface area contributed by atoms with Crippen molar-refractivity contribution in [1.82, 2.24) is 4.90 Å². The van der Waals surface area contributed by atoms with Crippen LogP contribution in [0.4, 0.5) is 0 Å². The highest BCUT2D eigenvalue weighted by atomic mass is 33.5. The first-order chi connectivity index (χ1) is 4.30. The molecule has 9 heavy (non-hydrogen) atoms. The van der Waals surface area contributed by atoms with Gasteiger partial charge < -0.3 is 4.90 Å². The summed E-state index contributed by atoms with van der Waals surface area (Å²) >= 11 is 0. The summed E-state index contributed by atoms with van der Waals surface area (Å²) in [5, 5.41) is 0. The van der Waals surface area contributed by atoms with E-state index >= 15 is 0 Å². The molecular weight excluding hydrogens is 170 g/mol. The van der Waals surface area contributed by atoms with Gasteiger partial charge in [0.25, 0.3) is 0 Å². The van der Waals surface area contributed by atoms with Gasteiger partial charge in [0.15, 0.2) is 0 Å². The molecule has 0 unspecified atom stereocenters. The summed E-state index contributed by atoms with van der Waals surface area (Å²) in [4.78, 5) is 2.31. The predicted molar refractivity (Wildman–Crippen MR) is 51.1 cm³/mol. The van der Waals surface area contributed by atoms with Crippen LogP contribution < -0.4 is 0 Å². The smallest absolute Gasteiger partial charge is 0.305 e. The number of rotatable bonds is 1. The van der Waals surface area contributed by atoms with E-state index in [1.807, 2.05) is 31.4 Å². The Balaban J connectivity index is 0.000000810. The average Bonchev–Trinajstić information content (AvgIpc) is 1.90. The van der Waals surface area contributed by atoms with Crippen LogP contribution in [0.25, 0.3) is 0 Å². The molecular formula is C5H12NS3+. The fourth-order valence-electron chi connectivity index (χ4n) is 0.593. The number of hydrogen-bond donors (Lipinski definition) is 0. The van der Waals surface area contributed by atoms with E-state index in [9.17, 15) is 0 Å². The number of nitrogens with zero attached hydrogens (tertiary/aromatic N) is 1. The minimum atomic E-state index is 0. The molecule has 0 aliphatic carbocycles. The molecule has 0 saturated carbocycles. The third-order valence-corrected chi connectivity index (χ3v) is 5.71. The Bertz CT molecular complexity index is 85.0. The van der Waals surface area contributed by atoms with Crippen LogP contribution in [0.2, 0.25) is 0 Å². The first-order valence-corrected chi connectivity index (χ1v) is 6.70. The van der Waals surface area contributed by atoms with Gasteiger partial charge in [-0.25, -0.2) is 0 Å². The van der Waals surface area contributed by atoms with Crippen LogP contribution in [-0.2, 0) is 0 Å². The lowest BCUT2D eigenvalue weighted by molar-refractivity contribution is 0.345. The average molecular weight is 182 g/mol. The summed E-state index contributed by atoms with van der Waals surface area (Å²) in [6.45, 7) is 0. The van der Waals surface area contributed by atoms with Gasteiger partial charge >= 0.3 is 1.43 Å². The third-order valence-electron chi connectivity index (χ3n) is 1.35. The fourth-order valence-corrected chi connectivity index (χ4v) is 5.16. The summed E-state index contributed by atoms with van der Waals surface area (Å²) in [5.74, 6) is 2.56. The zero-order valence-electron chi connectivity index (χ0n) is 6.66. The minimum absolute atomic E-state index is 0. The maximum Gasteiger partial charge on any atom is 1.00 e. The van der Waals surface area contributed by atoms with Gasteiger partial charge in [0.2, 0.25) is 0 Å². The molecule has 0 radical (unpaired) electrons. The van der Waals surface area contributed by atoms with Crippen LogP contribution in [0.3, 0.4) is 0 Å². The van der Waals surface area contributed by atoms with Crippen LogP contribution in [0.15, 0.2) is 0 Å². The van der Waals surface area contributed by atoms with Gasteiger partial charge in [0.05, 0.1) is 0 Å². The first kappa shape index (κ1) is 8.11. The van der Waals surface area contributed by atoms with Crippen LogP contribution in [-0.4, -0.2) is 36.5 Å². The summed E-state index contributed by atoms with van der Waals surface area (Å²) < 4.78 is 0. The lowest BCUT2D eigenvalue weighted by Gasteiger charge is -2.25. The monoisotopic (exact) mass is 182 g/mol. The molecule has 1 fully saturated rings. The molecule has 4 heteroatoms. The molecule has 1 heterocycles. The van der Waals surface area contributed by atoms with Crippen molar-refractivity contribution in [3.63, 3.8) is 0 Å². The molecule has 1 saturated heterocycles. The largest absolute Gasteiger partial charge is 1.00 e. The summed E-state index contributed by atoms with van der Waals surface area (Å²) in [6.07, 6.45) is 0. The Morgan fingerprint density at radius 3 is 2.22 bits per heavy atom. The van der Waals surface area contributed by atoms with Crippen molar-refractivity contribution in [2.45, 2.75) is 6.04 Å². The standard InChI is InChI=1S/C5H11NS3/c1-6(2)5-3-7-9-8-4-5/h5H,3-4H2,1-2H3/p+1. The van der Waals surface area contributed by atoms with E-state index in [4.69, 9.17) is 0 Å². The minimum Gasteiger partial charge on any atom is -0.305 e. The third kappa shape index (κ3) is 2.62. The molecule has 0 spiro atoms. The highest BCUT2D eigenvalue weighted by Gasteiger charge is 2.15. The molecule has 1 aliphatic rings.